The van der Waals surface area contributed by atoms with Gasteiger partial charge < -0.3 is 4.74 Å². The molecule has 0 unspecified atom stereocenters. The number of nitrogens with two attached hydrogens (primary N) is 1. The third-order valence-electron chi connectivity index (χ3n) is 4.01. The smallest absolute Gasteiger partial charge is 0.209 e. The molecule has 4 nitrogen and oxygen atoms in total. The first-order chi connectivity index (χ1) is 9.91. The van der Waals surface area contributed by atoms with Crippen molar-refractivity contribution in [2.45, 2.75) is 39.5 Å². The van der Waals surface area contributed by atoms with Crippen molar-refractivity contribution in [1.82, 2.24) is 0 Å². The van der Waals surface area contributed by atoms with E-state index in [1.807, 2.05) is 32.0 Å². The third-order valence-corrected chi connectivity index (χ3v) is 5.03. The van der Waals surface area contributed by atoms with Crippen LogP contribution in [-0.2, 0) is 21.2 Å². The van der Waals surface area contributed by atoms with Crippen LogP contribution in [0.15, 0.2) is 30.3 Å². The van der Waals surface area contributed by atoms with Gasteiger partial charge >= 0.3 is 0 Å². The molecule has 0 aliphatic carbocycles. The van der Waals surface area contributed by atoms with Crippen molar-refractivity contribution in [3.63, 3.8) is 0 Å². The summed E-state index contributed by atoms with van der Waals surface area (Å²) >= 11 is 0. The summed E-state index contributed by atoms with van der Waals surface area (Å²) in [5, 5.41) is 5.20. The molecule has 1 rings (SSSR count). The van der Waals surface area contributed by atoms with Crippen molar-refractivity contribution < 1.29 is 13.2 Å². The molecule has 0 aliphatic heterocycles. The van der Waals surface area contributed by atoms with E-state index in [1.54, 1.807) is 0 Å². The SMILES string of the molecule is CCC(CC)(COCCCc1ccccc1)CS(N)(=O)=O. The molecule has 0 atom stereocenters. The molecular formula is C16H27NO3S. The Morgan fingerprint density at radius 1 is 1.14 bits per heavy atom. The molecule has 0 spiro atoms. The van der Waals surface area contributed by atoms with Gasteiger partial charge in [0.25, 0.3) is 0 Å². The molecule has 0 heterocycles. The zero-order chi connectivity index (χ0) is 15.8. The maximum atomic E-state index is 11.4. The van der Waals surface area contributed by atoms with Gasteiger partial charge in [0.2, 0.25) is 10.0 Å². The van der Waals surface area contributed by atoms with Crippen molar-refractivity contribution in [3.8, 4) is 0 Å². The summed E-state index contributed by atoms with van der Waals surface area (Å²) in [6.45, 7) is 5.07. The predicted octanol–water partition coefficient (Wildman–Crippen LogP) is 2.73. The highest BCUT2D eigenvalue weighted by atomic mass is 32.2. The van der Waals surface area contributed by atoms with Gasteiger partial charge in [-0.05, 0) is 31.2 Å². The highest BCUT2D eigenvalue weighted by Crippen LogP contribution is 2.28. The molecule has 0 bridgehead atoms. The average molecular weight is 313 g/mol. The summed E-state index contributed by atoms with van der Waals surface area (Å²) in [6.07, 6.45) is 3.40. The summed E-state index contributed by atoms with van der Waals surface area (Å²) < 4.78 is 28.5. The molecule has 1 aromatic rings. The van der Waals surface area contributed by atoms with Crippen LogP contribution in [-0.4, -0.2) is 27.4 Å². The van der Waals surface area contributed by atoms with Crippen molar-refractivity contribution in [1.29, 1.82) is 0 Å². The molecule has 2 N–H and O–H groups in total. The maximum Gasteiger partial charge on any atom is 0.209 e. The van der Waals surface area contributed by atoms with E-state index in [9.17, 15) is 8.42 Å². The number of ether oxygens (including phenoxy) is 1. The van der Waals surface area contributed by atoms with E-state index in [0.29, 0.717) is 13.2 Å². The summed E-state index contributed by atoms with van der Waals surface area (Å²) in [7, 11) is -3.47. The Morgan fingerprint density at radius 2 is 1.76 bits per heavy atom. The number of hydrogen-bond donors (Lipinski definition) is 1. The largest absolute Gasteiger partial charge is 0.381 e. The van der Waals surface area contributed by atoms with Crippen LogP contribution in [0.2, 0.25) is 0 Å². The maximum absolute atomic E-state index is 11.4. The first-order valence-electron chi connectivity index (χ1n) is 7.53. The average Bonchev–Trinajstić information content (AvgIpc) is 2.45. The lowest BCUT2D eigenvalue weighted by Crippen LogP contribution is -2.36. The fourth-order valence-electron chi connectivity index (χ4n) is 2.44. The lowest BCUT2D eigenvalue weighted by Gasteiger charge is -2.30. The van der Waals surface area contributed by atoms with Gasteiger partial charge in [0.05, 0.1) is 12.4 Å². The van der Waals surface area contributed by atoms with Crippen LogP contribution in [0.3, 0.4) is 0 Å². The van der Waals surface area contributed by atoms with E-state index in [1.165, 1.54) is 5.56 Å². The van der Waals surface area contributed by atoms with E-state index in [0.717, 1.165) is 25.7 Å². The zero-order valence-electron chi connectivity index (χ0n) is 13.0. The van der Waals surface area contributed by atoms with Crippen LogP contribution >= 0.6 is 0 Å². The molecule has 0 saturated heterocycles. The molecule has 0 radical (unpaired) electrons. The van der Waals surface area contributed by atoms with Gasteiger partial charge in [-0.15, -0.1) is 0 Å². The molecule has 0 aliphatic rings. The molecular weight excluding hydrogens is 286 g/mol. The molecule has 0 amide bonds. The predicted molar refractivity (Wildman–Crippen MR) is 86.6 cm³/mol. The van der Waals surface area contributed by atoms with Gasteiger partial charge in [0.1, 0.15) is 0 Å². The van der Waals surface area contributed by atoms with Crippen molar-refractivity contribution in [3.05, 3.63) is 35.9 Å². The highest BCUT2D eigenvalue weighted by Gasteiger charge is 2.31. The number of primary sulfonamides is 1. The molecule has 5 heteroatoms. The van der Waals surface area contributed by atoms with Crippen LogP contribution in [0.4, 0.5) is 0 Å². The second-order valence-corrected chi connectivity index (χ2v) is 7.27. The zero-order valence-corrected chi connectivity index (χ0v) is 13.9. The lowest BCUT2D eigenvalue weighted by molar-refractivity contribution is 0.0489. The number of benzene rings is 1. The van der Waals surface area contributed by atoms with Crippen molar-refractivity contribution in [2.24, 2.45) is 10.6 Å². The Bertz CT molecular complexity index is 496. The molecule has 0 fully saturated rings. The Hall–Kier alpha value is -0.910. The normalized spacial score (nSPS) is 12.5. The van der Waals surface area contributed by atoms with Crippen LogP contribution < -0.4 is 5.14 Å². The van der Waals surface area contributed by atoms with Crippen LogP contribution in [0.5, 0.6) is 0 Å². The monoisotopic (exact) mass is 313 g/mol. The number of rotatable bonds is 10. The highest BCUT2D eigenvalue weighted by molar-refractivity contribution is 7.89. The first-order valence-corrected chi connectivity index (χ1v) is 9.24. The molecule has 0 saturated carbocycles. The second kappa shape index (κ2) is 8.51. The quantitative estimate of drug-likeness (QED) is 0.675. The minimum atomic E-state index is -3.47. The second-order valence-electron chi connectivity index (χ2n) is 5.66. The van der Waals surface area contributed by atoms with Gasteiger partial charge in [-0.2, -0.15) is 0 Å². The minimum absolute atomic E-state index is 0.00825. The van der Waals surface area contributed by atoms with Gasteiger partial charge in [-0.3, -0.25) is 0 Å². The van der Waals surface area contributed by atoms with Crippen LogP contribution in [0.1, 0.15) is 38.7 Å². The van der Waals surface area contributed by atoms with E-state index in [-0.39, 0.29) is 11.2 Å². The summed E-state index contributed by atoms with van der Waals surface area (Å²) in [4.78, 5) is 0. The molecule has 0 aromatic heterocycles. The Kier molecular flexibility index (Phi) is 7.35. The van der Waals surface area contributed by atoms with Crippen molar-refractivity contribution in [2.75, 3.05) is 19.0 Å². The van der Waals surface area contributed by atoms with Crippen LogP contribution in [0, 0.1) is 5.41 Å². The van der Waals surface area contributed by atoms with Crippen molar-refractivity contribution >= 4 is 10.0 Å². The lowest BCUT2D eigenvalue weighted by atomic mass is 9.85. The number of aryl methyl sites for hydroxylation is 1. The number of hydrogen-bond acceptors (Lipinski definition) is 3. The topological polar surface area (TPSA) is 69.4 Å². The third kappa shape index (κ3) is 7.07. The van der Waals surface area contributed by atoms with E-state index in [4.69, 9.17) is 9.88 Å². The standard InChI is InChI=1S/C16H27NO3S/c1-3-16(4-2,14-21(17,18)19)13-20-12-8-11-15-9-6-5-7-10-15/h5-7,9-10H,3-4,8,11-14H2,1-2H3,(H2,17,18,19). The Morgan fingerprint density at radius 3 is 2.29 bits per heavy atom. The molecule has 21 heavy (non-hydrogen) atoms. The molecule has 120 valence electrons. The van der Waals surface area contributed by atoms with Gasteiger partial charge in [0.15, 0.2) is 0 Å². The first kappa shape index (κ1) is 18.1. The van der Waals surface area contributed by atoms with Gasteiger partial charge in [0, 0.05) is 12.0 Å². The Balaban J connectivity index is 2.37. The fourth-order valence-corrected chi connectivity index (χ4v) is 3.78. The summed E-state index contributed by atoms with van der Waals surface area (Å²) in [5.74, 6) is -0.00825. The van der Waals surface area contributed by atoms with Gasteiger partial charge in [-0.1, -0.05) is 44.2 Å². The fraction of sp³-hybridized carbons (Fsp3) is 0.625. The van der Waals surface area contributed by atoms with E-state index < -0.39 is 10.0 Å². The Labute approximate surface area is 128 Å². The molecule has 1 aromatic carbocycles. The summed E-state index contributed by atoms with van der Waals surface area (Å²) in [5.41, 5.74) is 0.934. The van der Waals surface area contributed by atoms with E-state index in [2.05, 4.69) is 12.1 Å². The van der Waals surface area contributed by atoms with E-state index >= 15 is 0 Å². The van der Waals surface area contributed by atoms with Gasteiger partial charge in [-0.25, -0.2) is 13.6 Å². The van der Waals surface area contributed by atoms with Crippen LogP contribution in [0.25, 0.3) is 0 Å². The number of sulfonamides is 1. The minimum Gasteiger partial charge on any atom is -0.381 e. The summed E-state index contributed by atoms with van der Waals surface area (Å²) in [6, 6.07) is 10.3.